The number of amides is 1. The molecule has 0 radical (unpaired) electrons. The molecule has 7 nitrogen and oxygen atoms in total. The molecule has 1 aliphatic rings. The minimum atomic E-state index is -1.19. The number of benzene rings is 1. The summed E-state index contributed by atoms with van der Waals surface area (Å²) in [4.78, 5) is 16.9. The predicted octanol–water partition coefficient (Wildman–Crippen LogP) is 3.72. The number of carbonyl (C=O) groups is 1. The SMILES string of the molecule is C1CC1.CN(C)c1ccccc1-c1cccc2nc(NC(=O)O)nn12. The highest BCUT2D eigenvalue weighted by Gasteiger charge is 2.13. The molecule has 3 aromatic rings. The highest BCUT2D eigenvalue weighted by molar-refractivity contribution is 5.81. The fourth-order valence-corrected chi connectivity index (χ4v) is 2.34. The molecule has 2 N–H and O–H groups in total. The molecule has 1 saturated carbocycles. The molecule has 0 spiro atoms. The molecule has 2 heterocycles. The van der Waals surface area contributed by atoms with Crippen LogP contribution in [0.1, 0.15) is 19.3 Å². The molecule has 4 rings (SSSR count). The number of nitrogens with zero attached hydrogens (tertiary/aromatic N) is 4. The second-order valence-electron chi connectivity index (χ2n) is 6.02. The number of rotatable bonds is 3. The molecule has 1 aliphatic carbocycles. The molecule has 1 aromatic carbocycles. The third-order valence-electron chi connectivity index (χ3n) is 3.59. The normalized spacial score (nSPS) is 12.2. The van der Waals surface area contributed by atoms with Gasteiger partial charge in [-0.2, -0.15) is 4.98 Å². The van der Waals surface area contributed by atoms with Crippen LogP contribution in [0.15, 0.2) is 42.5 Å². The highest BCUT2D eigenvalue weighted by atomic mass is 16.4. The van der Waals surface area contributed by atoms with E-state index in [1.165, 1.54) is 19.3 Å². The van der Waals surface area contributed by atoms with Gasteiger partial charge >= 0.3 is 6.09 Å². The van der Waals surface area contributed by atoms with Gasteiger partial charge in [-0.3, -0.25) is 5.32 Å². The fraction of sp³-hybridized carbons (Fsp3) is 0.278. The van der Waals surface area contributed by atoms with Crippen LogP contribution in [0.4, 0.5) is 16.4 Å². The molecule has 7 heteroatoms. The van der Waals surface area contributed by atoms with E-state index in [1.807, 2.05) is 55.4 Å². The van der Waals surface area contributed by atoms with E-state index in [-0.39, 0.29) is 5.95 Å². The average molecular weight is 339 g/mol. The lowest BCUT2D eigenvalue weighted by atomic mass is 10.1. The lowest BCUT2D eigenvalue weighted by Crippen LogP contribution is -2.11. The van der Waals surface area contributed by atoms with E-state index in [1.54, 1.807) is 10.6 Å². The van der Waals surface area contributed by atoms with Crippen LogP contribution in [-0.4, -0.2) is 39.9 Å². The van der Waals surface area contributed by atoms with Gasteiger partial charge in [0.25, 0.3) is 5.95 Å². The first-order chi connectivity index (χ1) is 12.1. The Morgan fingerprint density at radius 2 is 1.84 bits per heavy atom. The standard InChI is InChI=1S/C15H15N5O2.C3H6/c1-19(2)11-7-4-3-6-10(11)12-8-5-9-13-16-14(17-15(21)22)18-20(12)13;1-2-3-1/h3-9H,1-2H3,(H,17,18)(H,21,22);1-3H2. The molecule has 0 atom stereocenters. The molecule has 1 fully saturated rings. The maximum absolute atomic E-state index is 10.7. The molecule has 2 aromatic heterocycles. The summed E-state index contributed by atoms with van der Waals surface area (Å²) in [5.41, 5.74) is 3.45. The maximum atomic E-state index is 10.7. The Morgan fingerprint density at radius 3 is 2.48 bits per heavy atom. The maximum Gasteiger partial charge on any atom is 0.411 e. The monoisotopic (exact) mass is 339 g/mol. The second kappa shape index (κ2) is 7.21. The Bertz CT molecular complexity index is 883. The van der Waals surface area contributed by atoms with Gasteiger partial charge in [-0.1, -0.05) is 43.5 Å². The average Bonchev–Trinajstić information content (AvgIpc) is 3.40. The van der Waals surface area contributed by atoms with Gasteiger partial charge in [-0.15, -0.1) is 5.10 Å². The zero-order chi connectivity index (χ0) is 17.8. The van der Waals surface area contributed by atoms with Crippen molar-refractivity contribution >= 4 is 23.4 Å². The van der Waals surface area contributed by atoms with Gasteiger partial charge in [0, 0.05) is 25.3 Å². The fourth-order valence-electron chi connectivity index (χ4n) is 2.34. The minimum absolute atomic E-state index is 0.0577. The van der Waals surface area contributed by atoms with Crippen molar-refractivity contribution in [1.82, 2.24) is 14.6 Å². The van der Waals surface area contributed by atoms with Crippen LogP contribution in [0.2, 0.25) is 0 Å². The number of para-hydroxylation sites is 1. The summed E-state index contributed by atoms with van der Waals surface area (Å²) in [6.07, 6.45) is 3.31. The van der Waals surface area contributed by atoms with Crippen molar-refractivity contribution in [1.29, 1.82) is 0 Å². The van der Waals surface area contributed by atoms with Gasteiger partial charge < -0.3 is 10.0 Å². The number of nitrogens with one attached hydrogen (secondary N) is 1. The van der Waals surface area contributed by atoms with E-state index in [9.17, 15) is 4.79 Å². The Hall–Kier alpha value is -3.09. The van der Waals surface area contributed by atoms with Gasteiger partial charge in [-0.05, 0) is 18.2 Å². The molecule has 25 heavy (non-hydrogen) atoms. The van der Waals surface area contributed by atoms with Gasteiger partial charge in [0.2, 0.25) is 0 Å². The van der Waals surface area contributed by atoms with Gasteiger partial charge in [0.15, 0.2) is 5.65 Å². The zero-order valence-electron chi connectivity index (χ0n) is 14.3. The third kappa shape index (κ3) is 4.06. The van der Waals surface area contributed by atoms with E-state index in [4.69, 9.17) is 5.11 Å². The first-order valence-corrected chi connectivity index (χ1v) is 8.19. The highest BCUT2D eigenvalue weighted by Crippen LogP contribution is 2.29. The minimum Gasteiger partial charge on any atom is -0.465 e. The number of aromatic nitrogens is 3. The van der Waals surface area contributed by atoms with Crippen molar-refractivity contribution in [3.63, 3.8) is 0 Å². The van der Waals surface area contributed by atoms with Crippen LogP contribution in [0.3, 0.4) is 0 Å². The second-order valence-corrected chi connectivity index (χ2v) is 6.02. The molecular formula is C18H21N5O2. The summed E-state index contributed by atoms with van der Waals surface area (Å²) in [5, 5.41) is 15.2. The summed E-state index contributed by atoms with van der Waals surface area (Å²) in [6, 6.07) is 13.5. The molecule has 130 valence electrons. The Labute approximate surface area is 145 Å². The van der Waals surface area contributed by atoms with Crippen LogP contribution in [-0.2, 0) is 0 Å². The van der Waals surface area contributed by atoms with Gasteiger partial charge in [0.05, 0.1) is 5.69 Å². The van der Waals surface area contributed by atoms with Gasteiger partial charge in [-0.25, -0.2) is 9.31 Å². The van der Waals surface area contributed by atoms with Crippen molar-refractivity contribution in [2.75, 3.05) is 24.3 Å². The first kappa shape index (κ1) is 16.8. The summed E-state index contributed by atoms with van der Waals surface area (Å²) in [6.45, 7) is 0. The number of anilines is 2. The van der Waals surface area contributed by atoms with Crippen molar-refractivity contribution in [3.8, 4) is 11.3 Å². The summed E-state index contributed by atoms with van der Waals surface area (Å²) >= 11 is 0. The molecule has 0 bridgehead atoms. The first-order valence-electron chi connectivity index (χ1n) is 8.19. The Balaban J connectivity index is 0.000000549. The molecular weight excluding hydrogens is 318 g/mol. The number of pyridine rings is 1. The molecule has 0 unspecified atom stereocenters. The summed E-state index contributed by atoms with van der Waals surface area (Å²) in [7, 11) is 3.94. The lowest BCUT2D eigenvalue weighted by Gasteiger charge is -2.17. The van der Waals surface area contributed by atoms with Crippen molar-refractivity contribution in [3.05, 3.63) is 42.5 Å². The Morgan fingerprint density at radius 1 is 1.12 bits per heavy atom. The van der Waals surface area contributed by atoms with Gasteiger partial charge in [0.1, 0.15) is 0 Å². The smallest absolute Gasteiger partial charge is 0.411 e. The zero-order valence-corrected chi connectivity index (χ0v) is 14.3. The number of hydrogen-bond donors (Lipinski definition) is 2. The van der Waals surface area contributed by atoms with E-state index >= 15 is 0 Å². The number of carboxylic acid groups (broad SMARTS) is 1. The quantitative estimate of drug-likeness (QED) is 0.760. The largest absolute Gasteiger partial charge is 0.465 e. The Kier molecular flexibility index (Phi) is 4.83. The molecule has 0 aliphatic heterocycles. The number of fused-ring (bicyclic) bond motifs is 1. The topological polar surface area (TPSA) is 82.8 Å². The van der Waals surface area contributed by atoms with Crippen LogP contribution in [0.25, 0.3) is 16.9 Å². The summed E-state index contributed by atoms with van der Waals surface area (Å²) < 4.78 is 1.63. The summed E-state index contributed by atoms with van der Waals surface area (Å²) in [5.74, 6) is 0.0577. The molecule has 1 amide bonds. The van der Waals surface area contributed by atoms with Crippen LogP contribution in [0, 0.1) is 0 Å². The predicted molar refractivity (Wildman–Crippen MR) is 98.2 cm³/mol. The van der Waals surface area contributed by atoms with Crippen molar-refractivity contribution in [2.45, 2.75) is 19.3 Å². The van der Waals surface area contributed by atoms with Crippen LogP contribution < -0.4 is 10.2 Å². The lowest BCUT2D eigenvalue weighted by molar-refractivity contribution is 0.209. The van der Waals surface area contributed by atoms with Crippen molar-refractivity contribution in [2.24, 2.45) is 0 Å². The third-order valence-corrected chi connectivity index (χ3v) is 3.59. The number of hydrogen-bond acceptors (Lipinski definition) is 4. The van der Waals surface area contributed by atoms with E-state index in [0.717, 1.165) is 16.9 Å². The van der Waals surface area contributed by atoms with E-state index < -0.39 is 6.09 Å². The van der Waals surface area contributed by atoms with E-state index in [0.29, 0.717) is 5.65 Å². The van der Waals surface area contributed by atoms with Crippen molar-refractivity contribution < 1.29 is 9.90 Å². The van der Waals surface area contributed by atoms with Crippen LogP contribution in [0.5, 0.6) is 0 Å². The van der Waals surface area contributed by atoms with E-state index in [2.05, 4.69) is 15.4 Å². The molecule has 0 saturated heterocycles. The van der Waals surface area contributed by atoms with Crippen LogP contribution >= 0.6 is 0 Å².